The second-order valence-electron chi connectivity index (χ2n) is 17.0. The number of hydrogen-bond acceptors (Lipinski definition) is 1. The van der Waals surface area contributed by atoms with Crippen molar-refractivity contribution in [3.8, 4) is 28.0 Å². The number of aryl methyl sites for hydroxylation is 3. The SMILES string of the molecule is CCC(CC)(c1ccc2c(c1)C(C)(C)c1cc(C(C)(C)c3ccc4cc(-c5ccc6cc(OC)c(C)cc6c5)ccc4c3)ccc1-2)c1c(C)cccc1C. The van der Waals surface area contributed by atoms with Crippen LogP contribution in [0.25, 0.3) is 43.8 Å². The molecule has 0 amide bonds. The van der Waals surface area contributed by atoms with Crippen LogP contribution in [0.1, 0.15) is 104 Å². The van der Waals surface area contributed by atoms with Crippen molar-refractivity contribution >= 4 is 21.5 Å². The molecule has 8 rings (SSSR count). The number of ether oxygens (including phenoxy) is 1. The summed E-state index contributed by atoms with van der Waals surface area (Å²) < 4.78 is 5.56. The number of hydrogen-bond donors (Lipinski definition) is 0. The van der Waals surface area contributed by atoms with Crippen LogP contribution in [-0.2, 0) is 16.2 Å². The van der Waals surface area contributed by atoms with Crippen LogP contribution < -0.4 is 4.74 Å². The van der Waals surface area contributed by atoms with Gasteiger partial charge in [0.05, 0.1) is 7.11 Å². The van der Waals surface area contributed by atoms with Crippen molar-refractivity contribution in [1.82, 2.24) is 0 Å². The molecule has 0 saturated heterocycles. The number of rotatable bonds is 8. The molecule has 0 N–H and O–H groups in total. The van der Waals surface area contributed by atoms with Crippen molar-refractivity contribution < 1.29 is 4.74 Å². The lowest BCUT2D eigenvalue weighted by Crippen LogP contribution is -2.29. The van der Waals surface area contributed by atoms with Crippen LogP contribution in [0, 0.1) is 20.8 Å². The molecule has 7 aromatic rings. The lowest BCUT2D eigenvalue weighted by atomic mass is 9.67. The highest BCUT2D eigenvalue weighted by atomic mass is 16.5. The Balaban J connectivity index is 1.12. The molecule has 54 heavy (non-hydrogen) atoms. The Kier molecular flexibility index (Phi) is 8.64. The molecule has 0 aliphatic heterocycles. The van der Waals surface area contributed by atoms with Crippen molar-refractivity contribution in [3.05, 3.63) is 171 Å². The topological polar surface area (TPSA) is 9.23 Å². The zero-order valence-electron chi connectivity index (χ0n) is 33.9. The zero-order valence-corrected chi connectivity index (χ0v) is 33.9. The van der Waals surface area contributed by atoms with Crippen LogP contribution >= 0.6 is 0 Å². The fourth-order valence-electron chi connectivity index (χ4n) is 9.92. The Morgan fingerprint density at radius 3 is 1.63 bits per heavy atom. The van der Waals surface area contributed by atoms with Crippen molar-refractivity contribution in [1.29, 1.82) is 0 Å². The number of benzene rings is 7. The Labute approximate surface area is 323 Å². The van der Waals surface area contributed by atoms with Gasteiger partial charge in [0.2, 0.25) is 0 Å². The number of methoxy groups -OCH3 is 1. The highest BCUT2D eigenvalue weighted by molar-refractivity contribution is 5.92. The van der Waals surface area contributed by atoms with Gasteiger partial charge in [0, 0.05) is 16.2 Å². The third kappa shape index (κ3) is 5.50. The van der Waals surface area contributed by atoms with E-state index in [0.29, 0.717) is 0 Å². The van der Waals surface area contributed by atoms with E-state index in [1.54, 1.807) is 7.11 Å². The van der Waals surface area contributed by atoms with E-state index in [9.17, 15) is 0 Å². The molecule has 0 spiro atoms. The average Bonchev–Trinajstić information content (AvgIpc) is 3.40. The molecule has 272 valence electrons. The van der Waals surface area contributed by atoms with Crippen molar-refractivity contribution in [3.63, 3.8) is 0 Å². The van der Waals surface area contributed by atoms with Gasteiger partial charge in [-0.3, -0.25) is 0 Å². The lowest BCUT2D eigenvalue weighted by molar-refractivity contribution is 0.412. The van der Waals surface area contributed by atoms with Crippen LogP contribution in [0.5, 0.6) is 5.75 Å². The van der Waals surface area contributed by atoms with Crippen LogP contribution in [0.4, 0.5) is 0 Å². The van der Waals surface area contributed by atoms with Gasteiger partial charge < -0.3 is 4.74 Å². The summed E-state index contributed by atoms with van der Waals surface area (Å²) in [5.74, 6) is 0.932. The normalized spacial score (nSPS) is 13.7. The second kappa shape index (κ2) is 13.0. The highest BCUT2D eigenvalue weighted by Gasteiger charge is 2.40. The van der Waals surface area contributed by atoms with E-state index in [-0.39, 0.29) is 16.2 Å². The number of fused-ring (bicyclic) bond motifs is 5. The minimum absolute atomic E-state index is 0.0114. The van der Waals surface area contributed by atoms with Gasteiger partial charge in [-0.2, -0.15) is 0 Å². The maximum absolute atomic E-state index is 5.56. The highest BCUT2D eigenvalue weighted by Crippen LogP contribution is 2.52. The first-order valence-electron chi connectivity index (χ1n) is 19.8. The third-order valence-electron chi connectivity index (χ3n) is 13.4. The average molecular weight is 707 g/mol. The Morgan fingerprint density at radius 2 is 1.02 bits per heavy atom. The summed E-state index contributed by atoms with van der Waals surface area (Å²) in [6, 6.07) is 46.5. The van der Waals surface area contributed by atoms with Gasteiger partial charge in [-0.15, -0.1) is 0 Å². The molecule has 1 aliphatic rings. The van der Waals surface area contributed by atoms with E-state index in [2.05, 4.69) is 184 Å². The monoisotopic (exact) mass is 706 g/mol. The largest absolute Gasteiger partial charge is 0.496 e. The van der Waals surface area contributed by atoms with E-state index < -0.39 is 0 Å². The van der Waals surface area contributed by atoms with Crippen LogP contribution in [0.15, 0.2) is 121 Å². The molecule has 0 radical (unpaired) electrons. The zero-order chi connectivity index (χ0) is 38.2. The van der Waals surface area contributed by atoms with Crippen molar-refractivity contribution in [2.24, 2.45) is 0 Å². The van der Waals surface area contributed by atoms with E-state index in [4.69, 9.17) is 4.74 Å². The molecule has 1 nitrogen and oxygen atoms in total. The van der Waals surface area contributed by atoms with E-state index >= 15 is 0 Å². The first-order chi connectivity index (χ1) is 25.8. The Bertz CT molecular complexity index is 2570. The Morgan fingerprint density at radius 1 is 0.519 bits per heavy atom. The van der Waals surface area contributed by atoms with Gasteiger partial charge in [0.25, 0.3) is 0 Å². The van der Waals surface area contributed by atoms with Gasteiger partial charge in [0.15, 0.2) is 0 Å². The molecule has 7 aromatic carbocycles. The lowest BCUT2D eigenvalue weighted by Gasteiger charge is -2.37. The second-order valence-corrected chi connectivity index (χ2v) is 17.0. The van der Waals surface area contributed by atoms with Crippen molar-refractivity contribution in [2.75, 3.05) is 7.11 Å². The van der Waals surface area contributed by atoms with Gasteiger partial charge in [-0.05, 0) is 152 Å². The molecular formula is C53H54O. The first kappa shape index (κ1) is 35.9. The fourth-order valence-corrected chi connectivity index (χ4v) is 9.92. The molecule has 1 aliphatic carbocycles. The molecule has 0 saturated carbocycles. The Hall–Kier alpha value is -5.14. The molecule has 0 unspecified atom stereocenters. The van der Waals surface area contributed by atoms with Crippen LogP contribution in [0.3, 0.4) is 0 Å². The first-order valence-corrected chi connectivity index (χ1v) is 19.8. The summed E-state index contributed by atoms with van der Waals surface area (Å²) in [5.41, 5.74) is 17.4. The minimum atomic E-state index is -0.170. The molecule has 0 atom stereocenters. The fraction of sp³-hybridized carbons (Fsp3) is 0.283. The quantitative estimate of drug-likeness (QED) is 0.153. The van der Waals surface area contributed by atoms with E-state index in [1.165, 1.54) is 88.3 Å². The van der Waals surface area contributed by atoms with Crippen LogP contribution in [-0.4, -0.2) is 7.11 Å². The molecular weight excluding hydrogens is 653 g/mol. The minimum Gasteiger partial charge on any atom is -0.496 e. The summed E-state index contributed by atoms with van der Waals surface area (Å²) in [6.07, 6.45) is 2.15. The molecule has 0 aromatic heterocycles. The maximum Gasteiger partial charge on any atom is 0.122 e. The van der Waals surface area contributed by atoms with E-state index in [1.807, 2.05) is 0 Å². The molecule has 0 fully saturated rings. The third-order valence-corrected chi connectivity index (χ3v) is 13.4. The standard InChI is InChI=1S/C53H54O/c1-11-53(12-2,50-33(3)14-13-15-34(50)4)44-23-25-46-45-24-22-43(31-47(45)52(8,9)48(46)32-44)51(6,7)42-21-20-38-27-36(16-18-39(38)29-42)37-17-19-40-30-49(54-10)35(5)26-41(40)28-37/h13-32H,11-12H2,1-10H3. The summed E-state index contributed by atoms with van der Waals surface area (Å²) in [6.45, 7) is 21.0. The summed E-state index contributed by atoms with van der Waals surface area (Å²) >= 11 is 0. The summed E-state index contributed by atoms with van der Waals surface area (Å²) in [7, 11) is 1.74. The van der Waals surface area contributed by atoms with E-state index in [0.717, 1.165) is 24.2 Å². The summed E-state index contributed by atoms with van der Waals surface area (Å²) in [4.78, 5) is 0. The van der Waals surface area contributed by atoms with Crippen LogP contribution in [0.2, 0.25) is 0 Å². The van der Waals surface area contributed by atoms with Gasteiger partial charge in [-0.25, -0.2) is 0 Å². The predicted octanol–water partition coefficient (Wildman–Crippen LogP) is 14.3. The predicted molar refractivity (Wildman–Crippen MR) is 232 cm³/mol. The maximum atomic E-state index is 5.56. The van der Waals surface area contributed by atoms with Gasteiger partial charge in [-0.1, -0.05) is 139 Å². The molecule has 0 heterocycles. The van der Waals surface area contributed by atoms with Gasteiger partial charge >= 0.3 is 0 Å². The summed E-state index contributed by atoms with van der Waals surface area (Å²) in [5, 5.41) is 4.96. The molecule has 1 heteroatoms. The smallest absolute Gasteiger partial charge is 0.122 e. The van der Waals surface area contributed by atoms with Gasteiger partial charge in [0.1, 0.15) is 5.75 Å². The molecule has 0 bridgehead atoms. The van der Waals surface area contributed by atoms with Crippen molar-refractivity contribution in [2.45, 2.75) is 91.4 Å².